The highest BCUT2D eigenvalue weighted by Gasteiger charge is 2.37. The third-order valence-electron chi connectivity index (χ3n) is 2.79. The molecule has 0 atom stereocenters. The van der Waals surface area contributed by atoms with Crippen LogP contribution in [-0.2, 0) is 0 Å². The van der Waals surface area contributed by atoms with E-state index in [1.807, 2.05) is 48.5 Å². The largest absolute Gasteiger partial charge is 0.383 e. The van der Waals surface area contributed by atoms with Gasteiger partial charge in [0.2, 0.25) is 0 Å². The van der Waals surface area contributed by atoms with Crippen LogP contribution in [0, 0.1) is 11.8 Å². The zero-order chi connectivity index (χ0) is 11.5. The van der Waals surface area contributed by atoms with Crippen LogP contribution in [0.2, 0.25) is 0 Å². The van der Waals surface area contributed by atoms with Gasteiger partial charge in [0.25, 0.3) is 0 Å². The molecule has 0 saturated heterocycles. The van der Waals surface area contributed by atoms with E-state index in [9.17, 15) is 5.11 Å². The molecule has 0 rings (SSSR count). The molecule has 84 valence electrons. The highest BCUT2D eigenvalue weighted by atomic mass is 16.3. The Morgan fingerprint density at radius 1 is 1.00 bits per heavy atom. The van der Waals surface area contributed by atoms with Crippen molar-refractivity contribution in [2.45, 2.75) is 60.1 Å². The molecule has 2 heteroatoms. The normalized spacial score (nSPS) is 14.6. The fourth-order valence-corrected chi connectivity index (χ4v) is 1.99. The number of hydrogen-bond donors (Lipinski definition) is 1. The van der Waals surface area contributed by atoms with E-state index in [1.54, 1.807) is 0 Å². The number of aliphatic hydroxyl groups is 1. The Balaban J connectivity index is 5.02. The van der Waals surface area contributed by atoms with Crippen molar-refractivity contribution in [1.29, 1.82) is 0 Å². The SMILES string of the molecule is CC(=NC(C)C)C(O)(C(C)C)C(C)C. The summed E-state index contributed by atoms with van der Waals surface area (Å²) < 4.78 is 0. The highest BCUT2D eigenvalue weighted by Crippen LogP contribution is 2.28. The van der Waals surface area contributed by atoms with Gasteiger partial charge in [0.1, 0.15) is 5.60 Å². The molecule has 0 aliphatic rings. The minimum Gasteiger partial charge on any atom is -0.383 e. The van der Waals surface area contributed by atoms with Gasteiger partial charge in [-0.25, -0.2) is 0 Å². The molecule has 0 aromatic rings. The number of aliphatic imine (C=N–C) groups is 1. The Bertz CT molecular complexity index is 196. The molecular formula is C12H25NO. The van der Waals surface area contributed by atoms with Gasteiger partial charge in [0, 0.05) is 11.8 Å². The summed E-state index contributed by atoms with van der Waals surface area (Å²) in [6, 6.07) is 0.249. The van der Waals surface area contributed by atoms with Crippen LogP contribution in [0.25, 0.3) is 0 Å². The van der Waals surface area contributed by atoms with Crippen molar-refractivity contribution in [3.05, 3.63) is 0 Å². The molecule has 2 nitrogen and oxygen atoms in total. The predicted octanol–water partition coefficient (Wildman–Crippen LogP) is 2.90. The Morgan fingerprint density at radius 2 is 1.36 bits per heavy atom. The maximum absolute atomic E-state index is 10.6. The van der Waals surface area contributed by atoms with Crippen LogP contribution in [0.1, 0.15) is 48.5 Å². The maximum atomic E-state index is 10.6. The average Bonchev–Trinajstić information content (AvgIpc) is 2.00. The van der Waals surface area contributed by atoms with Crippen molar-refractivity contribution in [3.8, 4) is 0 Å². The molecule has 0 saturated carbocycles. The molecule has 0 bridgehead atoms. The summed E-state index contributed by atoms with van der Waals surface area (Å²) in [5, 5.41) is 10.6. The van der Waals surface area contributed by atoms with E-state index in [0.717, 1.165) is 5.71 Å². The van der Waals surface area contributed by atoms with Crippen LogP contribution in [0.3, 0.4) is 0 Å². The molecule has 0 radical (unpaired) electrons. The first-order valence-corrected chi connectivity index (χ1v) is 5.50. The second-order valence-electron chi connectivity index (χ2n) is 4.94. The molecule has 0 spiro atoms. The van der Waals surface area contributed by atoms with Gasteiger partial charge in [0.15, 0.2) is 0 Å². The quantitative estimate of drug-likeness (QED) is 0.694. The Kier molecular flexibility index (Phi) is 4.79. The lowest BCUT2D eigenvalue weighted by atomic mass is 9.77. The second kappa shape index (κ2) is 4.92. The molecule has 0 aliphatic carbocycles. The van der Waals surface area contributed by atoms with Gasteiger partial charge >= 0.3 is 0 Å². The summed E-state index contributed by atoms with van der Waals surface area (Å²) in [7, 11) is 0. The van der Waals surface area contributed by atoms with E-state index in [-0.39, 0.29) is 17.9 Å². The molecule has 14 heavy (non-hydrogen) atoms. The number of rotatable bonds is 4. The fourth-order valence-electron chi connectivity index (χ4n) is 1.99. The minimum absolute atomic E-state index is 0.199. The topological polar surface area (TPSA) is 32.6 Å². The van der Waals surface area contributed by atoms with Gasteiger partial charge in [0.05, 0.1) is 0 Å². The summed E-state index contributed by atoms with van der Waals surface area (Å²) in [5.41, 5.74) is 0.0991. The average molecular weight is 199 g/mol. The smallest absolute Gasteiger partial charge is 0.106 e. The zero-order valence-electron chi connectivity index (χ0n) is 10.6. The first-order valence-electron chi connectivity index (χ1n) is 5.50. The van der Waals surface area contributed by atoms with Crippen molar-refractivity contribution >= 4 is 5.71 Å². The van der Waals surface area contributed by atoms with Gasteiger partial charge in [-0.15, -0.1) is 0 Å². The predicted molar refractivity (Wildman–Crippen MR) is 62.9 cm³/mol. The molecule has 0 aromatic carbocycles. The molecule has 0 amide bonds. The van der Waals surface area contributed by atoms with Crippen molar-refractivity contribution in [1.82, 2.24) is 0 Å². The van der Waals surface area contributed by atoms with E-state index in [4.69, 9.17) is 0 Å². The standard InChI is InChI=1S/C12H25NO/c1-8(2)12(14,9(3)4)11(7)13-10(5)6/h8-10,14H,1-7H3. The van der Waals surface area contributed by atoms with Gasteiger partial charge < -0.3 is 5.11 Å². The summed E-state index contributed by atoms with van der Waals surface area (Å²) in [4.78, 5) is 4.46. The molecular weight excluding hydrogens is 174 g/mol. The minimum atomic E-state index is -0.760. The first kappa shape index (κ1) is 13.6. The lowest BCUT2D eigenvalue weighted by Crippen LogP contribution is -2.47. The Hall–Kier alpha value is -0.370. The highest BCUT2D eigenvalue weighted by molar-refractivity contribution is 5.90. The van der Waals surface area contributed by atoms with Crippen molar-refractivity contribution in [2.75, 3.05) is 0 Å². The third-order valence-corrected chi connectivity index (χ3v) is 2.79. The Labute approximate surface area is 88.4 Å². The molecule has 0 aliphatic heterocycles. The lowest BCUT2D eigenvalue weighted by Gasteiger charge is -2.36. The molecule has 0 unspecified atom stereocenters. The monoisotopic (exact) mass is 199 g/mol. The van der Waals surface area contributed by atoms with E-state index in [0.29, 0.717) is 0 Å². The van der Waals surface area contributed by atoms with Gasteiger partial charge in [-0.3, -0.25) is 4.99 Å². The van der Waals surface area contributed by atoms with E-state index >= 15 is 0 Å². The van der Waals surface area contributed by atoms with Gasteiger partial charge in [-0.05, 0) is 32.6 Å². The van der Waals surface area contributed by atoms with Crippen LogP contribution in [0.5, 0.6) is 0 Å². The molecule has 0 fully saturated rings. The van der Waals surface area contributed by atoms with Crippen LogP contribution < -0.4 is 0 Å². The van der Waals surface area contributed by atoms with Gasteiger partial charge in [-0.2, -0.15) is 0 Å². The van der Waals surface area contributed by atoms with Crippen molar-refractivity contribution in [3.63, 3.8) is 0 Å². The van der Waals surface area contributed by atoms with E-state index in [1.165, 1.54) is 0 Å². The Morgan fingerprint density at radius 3 is 1.57 bits per heavy atom. The first-order chi connectivity index (χ1) is 6.22. The fraction of sp³-hybridized carbons (Fsp3) is 0.917. The van der Waals surface area contributed by atoms with Crippen LogP contribution >= 0.6 is 0 Å². The van der Waals surface area contributed by atoms with Crippen molar-refractivity contribution < 1.29 is 5.11 Å². The molecule has 1 N–H and O–H groups in total. The van der Waals surface area contributed by atoms with Crippen LogP contribution in [-0.4, -0.2) is 22.5 Å². The zero-order valence-corrected chi connectivity index (χ0v) is 10.6. The van der Waals surface area contributed by atoms with Crippen LogP contribution in [0.4, 0.5) is 0 Å². The van der Waals surface area contributed by atoms with Crippen molar-refractivity contribution in [2.24, 2.45) is 16.8 Å². The molecule has 0 aromatic heterocycles. The summed E-state index contributed by atoms with van der Waals surface area (Å²) >= 11 is 0. The van der Waals surface area contributed by atoms with E-state index in [2.05, 4.69) is 4.99 Å². The second-order valence-corrected chi connectivity index (χ2v) is 4.94. The molecule has 0 heterocycles. The summed E-state index contributed by atoms with van der Waals surface area (Å²) in [6.07, 6.45) is 0. The van der Waals surface area contributed by atoms with Crippen LogP contribution in [0.15, 0.2) is 4.99 Å². The third kappa shape index (κ3) is 2.81. The lowest BCUT2D eigenvalue weighted by molar-refractivity contribution is 0.0185. The number of nitrogens with zero attached hydrogens (tertiary/aromatic N) is 1. The maximum Gasteiger partial charge on any atom is 0.106 e. The number of hydrogen-bond acceptors (Lipinski definition) is 2. The summed E-state index contributed by atoms with van der Waals surface area (Å²) in [5.74, 6) is 0.398. The summed E-state index contributed by atoms with van der Waals surface area (Å²) in [6.45, 7) is 14.2. The van der Waals surface area contributed by atoms with E-state index < -0.39 is 5.60 Å². The van der Waals surface area contributed by atoms with Gasteiger partial charge in [-0.1, -0.05) is 27.7 Å².